The van der Waals surface area contributed by atoms with E-state index in [1.807, 2.05) is 30.3 Å². The zero-order valence-corrected chi connectivity index (χ0v) is 19.3. The molecule has 0 spiro atoms. The minimum Gasteiger partial charge on any atom is -0.382 e. The van der Waals surface area contributed by atoms with Crippen molar-refractivity contribution < 1.29 is 18.3 Å². The topological polar surface area (TPSA) is 77.4 Å². The van der Waals surface area contributed by atoms with E-state index in [9.17, 15) is 13.6 Å². The Morgan fingerprint density at radius 2 is 1.71 bits per heavy atom. The number of anilines is 2. The van der Waals surface area contributed by atoms with Crippen LogP contribution in [-0.2, 0) is 10.7 Å². The van der Waals surface area contributed by atoms with Crippen LogP contribution in [0.3, 0.4) is 0 Å². The quantitative estimate of drug-likeness (QED) is 0.645. The van der Waals surface area contributed by atoms with Gasteiger partial charge in [0.25, 0.3) is 11.8 Å². The maximum atomic E-state index is 13.9. The summed E-state index contributed by atoms with van der Waals surface area (Å²) in [6.45, 7) is 3.95. The van der Waals surface area contributed by atoms with E-state index < -0.39 is 5.92 Å². The Morgan fingerprint density at radius 1 is 1.06 bits per heavy atom. The summed E-state index contributed by atoms with van der Waals surface area (Å²) in [7, 11) is 0. The molecule has 2 N–H and O–H groups in total. The molecule has 2 fully saturated rings. The van der Waals surface area contributed by atoms with Crippen LogP contribution in [0.25, 0.3) is 0 Å². The standard InChI is InChI=1S/C26H30F2N4O2/c1-26(27,28)24-16-22(5-2-19(24)17-29)30-20-6-8-21(9-7-20)31-25(33)18-3-10-23(11-4-18)32-12-14-34-15-13-32/h2-5,10-11,16,20-21,30H,6-9,12-15H2,1H3,(H,31,33). The summed E-state index contributed by atoms with van der Waals surface area (Å²) in [6, 6.07) is 14.2. The van der Waals surface area contributed by atoms with Gasteiger partial charge in [0.1, 0.15) is 0 Å². The fraction of sp³-hybridized carbons (Fsp3) is 0.462. The number of ether oxygens (including phenoxy) is 1. The predicted molar refractivity (Wildman–Crippen MR) is 127 cm³/mol. The van der Waals surface area contributed by atoms with E-state index in [2.05, 4.69) is 15.5 Å². The molecule has 180 valence electrons. The van der Waals surface area contributed by atoms with E-state index >= 15 is 0 Å². The number of hydrogen-bond acceptors (Lipinski definition) is 5. The Labute approximate surface area is 198 Å². The van der Waals surface area contributed by atoms with Gasteiger partial charge >= 0.3 is 0 Å². The maximum Gasteiger partial charge on any atom is 0.271 e. The number of rotatable bonds is 6. The van der Waals surface area contributed by atoms with Crippen molar-refractivity contribution in [2.24, 2.45) is 0 Å². The van der Waals surface area contributed by atoms with E-state index in [0.717, 1.165) is 64.6 Å². The van der Waals surface area contributed by atoms with Gasteiger partial charge in [0.15, 0.2) is 0 Å². The lowest BCUT2D eigenvalue weighted by Gasteiger charge is -2.31. The number of amides is 1. The average Bonchev–Trinajstić information content (AvgIpc) is 2.85. The summed E-state index contributed by atoms with van der Waals surface area (Å²) in [5.74, 6) is -3.16. The molecule has 0 unspecified atom stereocenters. The fourth-order valence-electron chi connectivity index (χ4n) is 4.63. The number of benzene rings is 2. The Bertz CT molecular complexity index is 1030. The number of alkyl halides is 2. The highest BCUT2D eigenvalue weighted by atomic mass is 19.3. The molecule has 1 aliphatic carbocycles. The van der Waals surface area contributed by atoms with Crippen LogP contribution in [-0.4, -0.2) is 44.3 Å². The maximum absolute atomic E-state index is 13.9. The van der Waals surface area contributed by atoms with Crippen molar-refractivity contribution in [1.82, 2.24) is 5.32 Å². The highest BCUT2D eigenvalue weighted by Gasteiger charge is 2.29. The molecule has 2 aromatic rings. The van der Waals surface area contributed by atoms with E-state index in [0.29, 0.717) is 11.3 Å². The molecule has 0 bridgehead atoms. The lowest BCUT2D eigenvalue weighted by Crippen LogP contribution is -2.40. The Morgan fingerprint density at radius 3 is 2.32 bits per heavy atom. The number of nitrogens with zero attached hydrogens (tertiary/aromatic N) is 2. The second-order valence-corrected chi connectivity index (χ2v) is 9.07. The van der Waals surface area contributed by atoms with Gasteiger partial charge in [-0.15, -0.1) is 0 Å². The number of nitriles is 1. The first-order valence-electron chi connectivity index (χ1n) is 11.8. The lowest BCUT2D eigenvalue weighted by atomic mass is 9.90. The molecule has 1 aliphatic heterocycles. The van der Waals surface area contributed by atoms with Gasteiger partial charge in [0.2, 0.25) is 0 Å². The van der Waals surface area contributed by atoms with Gasteiger partial charge < -0.3 is 20.3 Å². The van der Waals surface area contributed by atoms with Gasteiger partial charge in [0, 0.05) is 54.6 Å². The van der Waals surface area contributed by atoms with Crippen molar-refractivity contribution in [2.75, 3.05) is 36.5 Å². The van der Waals surface area contributed by atoms with Gasteiger partial charge in [0.05, 0.1) is 24.8 Å². The van der Waals surface area contributed by atoms with Crippen LogP contribution >= 0.6 is 0 Å². The summed E-state index contributed by atoms with van der Waals surface area (Å²) < 4.78 is 33.1. The molecule has 0 atom stereocenters. The molecular weight excluding hydrogens is 438 g/mol. The van der Waals surface area contributed by atoms with Gasteiger partial charge in [-0.1, -0.05) is 0 Å². The number of hydrogen-bond donors (Lipinski definition) is 2. The molecule has 1 amide bonds. The molecule has 1 saturated carbocycles. The predicted octanol–water partition coefficient (Wildman–Crippen LogP) is 4.66. The van der Waals surface area contributed by atoms with Crippen molar-refractivity contribution in [1.29, 1.82) is 5.26 Å². The first-order chi connectivity index (χ1) is 16.3. The summed E-state index contributed by atoms with van der Waals surface area (Å²) >= 11 is 0. The summed E-state index contributed by atoms with van der Waals surface area (Å²) in [4.78, 5) is 15.0. The minimum atomic E-state index is -3.08. The Balaban J connectivity index is 1.28. The van der Waals surface area contributed by atoms with E-state index in [1.165, 1.54) is 12.1 Å². The van der Waals surface area contributed by atoms with Crippen LogP contribution in [0.2, 0.25) is 0 Å². The van der Waals surface area contributed by atoms with Crippen molar-refractivity contribution >= 4 is 17.3 Å². The molecule has 8 heteroatoms. The second kappa shape index (κ2) is 10.4. The zero-order chi connectivity index (χ0) is 24.1. The smallest absolute Gasteiger partial charge is 0.271 e. The monoisotopic (exact) mass is 468 g/mol. The SMILES string of the molecule is CC(F)(F)c1cc(NC2CCC(NC(=O)c3ccc(N4CCOCC4)cc3)CC2)ccc1C#N. The van der Waals surface area contributed by atoms with Crippen molar-refractivity contribution in [3.05, 3.63) is 59.2 Å². The van der Waals surface area contributed by atoms with Crippen LogP contribution in [0.4, 0.5) is 20.2 Å². The number of carbonyl (C=O) groups excluding carboxylic acids is 1. The molecule has 4 rings (SSSR count). The molecule has 1 saturated heterocycles. The third-order valence-electron chi connectivity index (χ3n) is 6.55. The first-order valence-corrected chi connectivity index (χ1v) is 11.8. The molecular formula is C26H30F2N4O2. The number of carbonyl (C=O) groups is 1. The van der Waals surface area contributed by atoms with Crippen LogP contribution in [0.5, 0.6) is 0 Å². The normalized spacial score (nSPS) is 20.9. The van der Waals surface area contributed by atoms with Gasteiger partial charge in [-0.25, -0.2) is 8.78 Å². The number of halogens is 2. The summed E-state index contributed by atoms with van der Waals surface area (Å²) in [5, 5.41) is 15.6. The molecule has 1 heterocycles. The van der Waals surface area contributed by atoms with E-state index in [-0.39, 0.29) is 29.1 Å². The summed E-state index contributed by atoms with van der Waals surface area (Å²) in [6.07, 6.45) is 3.25. The van der Waals surface area contributed by atoms with Crippen molar-refractivity contribution in [3.63, 3.8) is 0 Å². The molecule has 34 heavy (non-hydrogen) atoms. The van der Waals surface area contributed by atoms with Gasteiger partial charge in [-0.3, -0.25) is 4.79 Å². The largest absolute Gasteiger partial charge is 0.382 e. The highest BCUT2D eigenvalue weighted by molar-refractivity contribution is 5.94. The number of nitrogens with one attached hydrogen (secondary N) is 2. The first kappa shape index (κ1) is 24.0. The van der Waals surface area contributed by atoms with Crippen molar-refractivity contribution in [2.45, 2.75) is 50.6 Å². The molecule has 2 aromatic carbocycles. The average molecular weight is 469 g/mol. The molecule has 2 aliphatic rings. The fourth-order valence-corrected chi connectivity index (χ4v) is 4.63. The summed E-state index contributed by atoms with van der Waals surface area (Å²) in [5.41, 5.74) is 2.05. The van der Waals surface area contributed by atoms with Crippen LogP contribution in [0.15, 0.2) is 42.5 Å². The second-order valence-electron chi connectivity index (χ2n) is 9.07. The molecule has 6 nitrogen and oxygen atoms in total. The lowest BCUT2D eigenvalue weighted by molar-refractivity contribution is 0.0172. The van der Waals surface area contributed by atoms with E-state index in [1.54, 1.807) is 6.07 Å². The van der Waals surface area contributed by atoms with E-state index in [4.69, 9.17) is 10.00 Å². The van der Waals surface area contributed by atoms with Crippen LogP contribution in [0, 0.1) is 11.3 Å². The van der Waals surface area contributed by atoms with Gasteiger partial charge in [-0.05, 0) is 68.1 Å². The third-order valence-corrected chi connectivity index (χ3v) is 6.55. The zero-order valence-electron chi connectivity index (χ0n) is 19.3. The van der Waals surface area contributed by atoms with Crippen LogP contribution < -0.4 is 15.5 Å². The molecule has 0 radical (unpaired) electrons. The highest BCUT2D eigenvalue weighted by Crippen LogP contribution is 2.32. The Hall–Kier alpha value is -3.18. The molecule has 0 aromatic heterocycles. The van der Waals surface area contributed by atoms with Crippen molar-refractivity contribution in [3.8, 4) is 6.07 Å². The van der Waals surface area contributed by atoms with Gasteiger partial charge in [-0.2, -0.15) is 5.26 Å². The van der Waals surface area contributed by atoms with Crippen LogP contribution in [0.1, 0.15) is 54.1 Å². The number of morpholine rings is 1. The Kier molecular flexibility index (Phi) is 7.32. The third kappa shape index (κ3) is 5.84. The minimum absolute atomic E-state index is 0.0116.